The van der Waals surface area contributed by atoms with Crippen molar-refractivity contribution in [2.75, 3.05) is 18.0 Å². The van der Waals surface area contributed by atoms with E-state index in [0.29, 0.717) is 25.2 Å². The Kier molecular flexibility index (Phi) is 4.92. The van der Waals surface area contributed by atoms with E-state index >= 15 is 0 Å². The van der Waals surface area contributed by atoms with Gasteiger partial charge < -0.3 is 10.2 Å². The second-order valence-electron chi connectivity index (χ2n) is 6.76. The predicted octanol–water partition coefficient (Wildman–Crippen LogP) is 3.65. The Labute approximate surface area is 163 Å². The molecule has 5 nitrogen and oxygen atoms in total. The average Bonchev–Trinajstić information content (AvgIpc) is 3.30. The Balaban J connectivity index is 1.36. The number of alkyl halides is 3. The predicted molar refractivity (Wildman–Crippen MR) is 101 cm³/mol. The molecule has 0 bridgehead atoms. The third-order valence-electron chi connectivity index (χ3n) is 4.73. The van der Waals surface area contributed by atoms with Crippen molar-refractivity contribution in [3.05, 3.63) is 53.3 Å². The van der Waals surface area contributed by atoms with Crippen LogP contribution < -0.4 is 10.2 Å². The topological polar surface area (TPSA) is 58.1 Å². The van der Waals surface area contributed by atoms with Crippen LogP contribution in [-0.4, -0.2) is 35.0 Å². The number of carbonyl (C=O) groups excluding carboxylic acids is 1. The van der Waals surface area contributed by atoms with E-state index in [1.165, 1.54) is 17.5 Å². The minimum atomic E-state index is -4.42. The van der Waals surface area contributed by atoms with Gasteiger partial charge in [-0.1, -0.05) is 6.07 Å². The number of hydrogen-bond donors (Lipinski definition) is 1. The molecule has 28 heavy (non-hydrogen) atoms. The SMILES string of the molecule is O=C(Cc1ccc2ncsc2c1)NC1CCN(c2cncc(C(F)(F)F)c2)C1. The summed E-state index contributed by atoms with van der Waals surface area (Å²) < 4.78 is 39.6. The van der Waals surface area contributed by atoms with E-state index in [0.717, 1.165) is 28.0 Å². The highest BCUT2D eigenvalue weighted by Gasteiger charge is 2.32. The van der Waals surface area contributed by atoms with Gasteiger partial charge in [0.25, 0.3) is 0 Å². The lowest BCUT2D eigenvalue weighted by molar-refractivity contribution is -0.137. The molecule has 1 atom stereocenters. The molecule has 1 unspecified atom stereocenters. The Hall–Kier alpha value is -2.68. The number of rotatable bonds is 4. The number of anilines is 1. The molecule has 4 rings (SSSR count). The number of hydrogen-bond acceptors (Lipinski definition) is 5. The number of benzene rings is 1. The lowest BCUT2D eigenvalue weighted by Crippen LogP contribution is -2.38. The molecule has 1 aliphatic rings. The van der Waals surface area contributed by atoms with Crippen LogP contribution in [-0.2, 0) is 17.4 Å². The molecule has 1 aromatic carbocycles. The number of pyridine rings is 1. The van der Waals surface area contributed by atoms with Crippen molar-refractivity contribution in [1.29, 1.82) is 0 Å². The summed E-state index contributed by atoms with van der Waals surface area (Å²) in [4.78, 5) is 22.1. The molecule has 0 aliphatic carbocycles. The summed E-state index contributed by atoms with van der Waals surface area (Å²) in [5.74, 6) is -0.0992. The third kappa shape index (κ3) is 4.09. The van der Waals surface area contributed by atoms with Crippen molar-refractivity contribution >= 4 is 33.1 Å². The highest BCUT2D eigenvalue weighted by molar-refractivity contribution is 7.16. The summed E-state index contributed by atoms with van der Waals surface area (Å²) in [5.41, 5.74) is 3.24. The average molecular weight is 406 g/mol. The lowest BCUT2D eigenvalue weighted by Gasteiger charge is -2.20. The zero-order chi connectivity index (χ0) is 19.7. The maximum atomic E-state index is 12.9. The molecule has 3 aromatic rings. The van der Waals surface area contributed by atoms with E-state index in [2.05, 4.69) is 15.3 Å². The Morgan fingerprint density at radius 3 is 2.96 bits per heavy atom. The van der Waals surface area contributed by atoms with E-state index in [4.69, 9.17) is 0 Å². The summed E-state index contributed by atoms with van der Waals surface area (Å²) in [6, 6.07) is 6.74. The third-order valence-corrected chi connectivity index (χ3v) is 5.52. The molecule has 1 amide bonds. The number of nitrogens with zero attached hydrogens (tertiary/aromatic N) is 3. The molecule has 9 heteroatoms. The lowest BCUT2D eigenvalue weighted by atomic mass is 10.1. The summed E-state index contributed by atoms with van der Waals surface area (Å²) in [6.45, 7) is 1.03. The van der Waals surface area contributed by atoms with Crippen LogP contribution in [0.2, 0.25) is 0 Å². The zero-order valence-corrected chi connectivity index (χ0v) is 15.6. The normalized spacial score (nSPS) is 17.2. The number of carbonyl (C=O) groups is 1. The highest BCUT2D eigenvalue weighted by Crippen LogP contribution is 2.31. The van der Waals surface area contributed by atoms with Crippen LogP contribution in [0.1, 0.15) is 17.5 Å². The molecule has 3 heterocycles. The summed E-state index contributed by atoms with van der Waals surface area (Å²) in [6.07, 6.45) is -1.25. The van der Waals surface area contributed by atoms with Gasteiger partial charge in [-0.05, 0) is 30.2 Å². The fourth-order valence-electron chi connectivity index (χ4n) is 3.34. The Morgan fingerprint density at radius 1 is 1.29 bits per heavy atom. The van der Waals surface area contributed by atoms with E-state index in [-0.39, 0.29) is 18.4 Å². The molecule has 0 radical (unpaired) electrons. The molecule has 0 saturated carbocycles. The maximum absolute atomic E-state index is 12.9. The van der Waals surface area contributed by atoms with Crippen LogP contribution in [0.15, 0.2) is 42.2 Å². The standard InChI is InChI=1S/C19H17F3N4OS/c20-19(21,22)13-7-15(9-23-8-13)26-4-3-14(10-26)25-18(27)6-12-1-2-16-17(5-12)28-11-24-16/h1-2,5,7-9,11,14H,3-4,6,10H2,(H,25,27). The van der Waals surface area contributed by atoms with Crippen molar-refractivity contribution in [3.63, 3.8) is 0 Å². The van der Waals surface area contributed by atoms with Crippen LogP contribution in [0.25, 0.3) is 10.2 Å². The van der Waals surface area contributed by atoms with Gasteiger partial charge in [0.15, 0.2) is 0 Å². The van der Waals surface area contributed by atoms with E-state index in [1.807, 2.05) is 23.1 Å². The highest BCUT2D eigenvalue weighted by atomic mass is 32.1. The van der Waals surface area contributed by atoms with Gasteiger partial charge in [-0.2, -0.15) is 13.2 Å². The summed E-state index contributed by atoms with van der Waals surface area (Å²) in [7, 11) is 0. The van der Waals surface area contributed by atoms with Crippen LogP contribution >= 0.6 is 11.3 Å². The van der Waals surface area contributed by atoms with Gasteiger partial charge in [0, 0.05) is 25.3 Å². The van der Waals surface area contributed by atoms with E-state index in [1.54, 1.807) is 5.51 Å². The first-order valence-corrected chi connectivity index (χ1v) is 9.65. The van der Waals surface area contributed by atoms with E-state index < -0.39 is 11.7 Å². The second-order valence-corrected chi connectivity index (χ2v) is 7.65. The quantitative estimate of drug-likeness (QED) is 0.719. The molecule has 2 aromatic heterocycles. The van der Waals surface area contributed by atoms with Crippen LogP contribution in [0, 0.1) is 0 Å². The Morgan fingerprint density at radius 2 is 2.14 bits per heavy atom. The van der Waals surface area contributed by atoms with Gasteiger partial charge in [-0.25, -0.2) is 4.98 Å². The molecular weight excluding hydrogens is 389 g/mol. The molecule has 1 aliphatic heterocycles. The van der Waals surface area contributed by atoms with Gasteiger partial charge >= 0.3 is 6.18 Å². The monoisotopic (exact) mass is 406 g/mol. The van der Waals surface area contributed by atoms with Gasteiger partial charge in [-0.15, -0.1) is 11.3 Å². The molecule has 1 saturated heterocycles. The first kappa shape index (κ1) is 18.7. The molecule has 1 N–H and O–H groups in total. The molecule has 1 fully saturated rings. The van der Waals surface area contributed by atoms with Crippen molar-refractivity contribution in [3.8, 4) is 0 Å². The van der Waals surface area contributed by atoms with E-state index in [9.17, 15) is 18.0 Å². The van der Waals surface area contributed by atoms with Crippen molar-refractivity contribution in [1.82, 2.24) is 15.3 Å². The van der Waals surface area contributed by atoms with Gasteiger partial charge in [0.05, 0.1) is 39.6 Å². The number of thiazole rings is 1. The second kappa shape index (κ2) is 7.38. The van der Waals surface area contributed by atoms with Crippen molar-refractivity contribution < 1.29 is 18.0 Å². The van der Waals surface area contributed by atoms with Gasteiger partial charge in [-0.3, -0.25) is 9.78 Å². The van der Waals surface area contributed by atoms with Crippen LogP contribution in [0.3, 0.4) is 0 Å². The fourth-order valence-corrected chi connectivity index (χ4v) is 4.08. The van der Waals surface area contributed by atoms with Crippen LogP contribution in [0.5, 0.6) is 0 Å². The summed E-state index contributed by atoms with van der Waals surface area (Å²) >= 11 is 1.53. The number of aromatic nitrogens is 2. The first-order chi connectivity index (χ1) is 13.4. The van der Waals surface area contributed by atoms with Crippen molar-refractivity contribution in [2.24, 2.45) is 0 Å². The number of fused-ring (bicyclic) bond motifs is 1. The number of nitrogens with one attached hydrogen (secondary N) is 1. The number of halogens is 3. The summed E-state index contributed by atoms with van der Waals surface area (Å²) in [5, 5.41) is 2.98. The minimum absolute atomic E-state index is 0.0992. The molecule has 146 valence electrons. The molecule has 0 spiro atoms. The molecular formula is C19H17F3N4OS. The van der Waals surface area contributed by atoms with Crippen LogP contribution in [0.4, 0.5) is 18.9 Å². The van der Waals surface area contributed by atoms with Crippen molar-refractivity contribution in [2.45, 2.75) is 25.1 Å². The number of amides is 1. The largest absolute Gasteiger partial charge is 0.417 e. The smallest absolute Gasteiger partial charge is 0.368 e. The maximum Gasteiger partial charge on any atom is 0.417 e. The minimum Gasteiger partial charge on any atom is -0.368 e. The zero-order valence-electron chi connectivity index (χ0n) is 14.7. The Bertz CT molecular complexity index is 1000. The fraction of sp³-hybridized carbons (Fsp3) is 0.316. The van der Waals surface area contributed by atoms with Gasteiger partial charge in [0.2, 0.25) is 5.91 Å². The van der Waals surface area contributed by atoms with Gasteiger partial charge in [0.1, 0.15) is 0 Å². The first-order valence-electron chi connectivity index (χ1n) is 8.77.